The Morgan fingerprint density at radius 2 is 2.40 bits per heavy atom. The van der Waals surface area contributed by atoms with Crippen molar-refractivity contribution in [2.75, 3.05) is 30.5 Å². The van der Waals surface area contributed by atoms with Gasteiger partial charge in [-0.05, 0) is 18.6 Å². The van der Waals surface area contributed by atoms with E-state index in [0.29, 0.717) is 22.9 Å². The molecule has 0 saturated carbocycles. The third-order valence-corrected chi connectivity index (χ3v) is 4.72. The molecule has 0 bridgehead atoms. The van der Waals surface area contributed by atoms with Crippen molar-refractivity contribution in [3.05, 3.63) is 22.7 Å². The van der Waals surface area contributed by atoms with E-state index in [1.54, 1.807) is 13.2 Å². The first kappa shape index (κ1) is 15.5. The Morgan fingerprint density at radius 1 is 1.60 bits per heavy atom. The number of methoxy groups -OCH3 is 1. The number of hydrogen-bond acceptors (Lipinski definition) is 4. The molecular weight excluding hydrogens is 296 g/mol. The first-order valence-electron chi connectivity index (χ1n) is 6.55. The summed E-state index contributed by atoms with van der Waals surface area (Å²) in [7, 11) is 1.57. The van der Waals surface area contributed by atoms with Gasteiger partial charge in [-0.2, -0.15) is 11.8 Å². The van der Waals surface area contributed by atoms with Crippen LogP contribution < -0.4 is 15.4 Å². The average molecular weight is 315 g/mol. The third-order valence-electron chi connectivity index (χ3n) is 3.19. The minimum absolute atomic E-state index is 0.00924. The number of aryl methyl sites for hydroxylation is 1. The van der Waals surface area contributed by atoms with Gasteiger partial charge >= 0.3 is 0 Å². The summed E-state index contributed by atoms with van der Waals surface area (Å²) in [6, 6.07) is 3.80. The Balaban J connectivity index is 2.01. The summed E-state index contributed by atoms with van der Waals surface area (Å²) in [4.78, 5) is 12.1. The molecule has 1 heterocycles. The zero-order chi connectivity index (χ0) is 14.5. The Labute approximate surface area is 128 Å². The minimum Gasteiger partial charge on any atom is -0.495 e. The number of hydrogen-bond donors (Lipinski definition) is 2. The van der Waals surface area contributed by atoms with Crippen LogP contribution in [0.3, 0.4) is 0 Å². The largest absolute Gasteiger partial charge is 0.495 e. The molecule has 0 radical (unpaired) electrons. The van der Waals surface area contributed by atoms with Crippen molar-refractivity contribution in [3.8, 4) is 5.75 Å². The zero-order valence-electron chi connectivity index (χ0n) is 11.7. The Hall–Kier alpha value is -0.910. The summed E-state index contributed by atoms with van der Waals surface area (Å²) < 4.78 is 5.25. The molecule has 2 rings (SSSR count). The summed E-state index contributed by atoms with van der Waals surface area (Å²) in [5.74, 6) is 2.66. The van der Waals surface area contributed by atoms with Gasteiger partial charge in [0.2, 0.25) is 5.91 Å². The van der Waals surface area contributed by atoms with E-state index >= 15 is 0 Å². The second kappa shape index (κ2) is 7.20. The lowest BCUT2D eigenvalue weighted by Crippen LogP contribution is -2.39. The van der Waals surface area contributed by atoms with Crippen molar-refractivity contribution in [2.45, 2.75) is 19.4 Å². The standard InChI is InChI=1S/C14H19ClN2O2S/c1-9-5-12(13(19-2)7-11(9)15)17-14(18)6-10-8-20-4-3-16-10/h5,7,10,16H,3-4,6,8H2,1-2H3,(H,17,18). The Kier molecular flexibility index (Phi) is 5.57. The normalized spacial score (nSPS) is 18.6. The van der Waals surface area contributed by atoms with Gasteiger partial charge in [0.25, 0.3) is 0 Å². The maximum Gasteiger partial charge on any atom is 0.226 e. The second-order valence-corrected chi connectivity index (χ2v) is 6.34. The number of carbonyl (C=O) groups excluding carboxylic acids is 1. The minimum atomic E-state index is -0.00924. The molecule has 1 saturated heterocycles. The van der Waals surface area contributed by atoms with E-state index in [-0.39, 0.29) is 11.9 Å². The molecule has 1 unspecified atom stereocenters. The smallest absolute Gasteiger partial charge is 0.226 e. The molecular formula is C14H19ClN2O2S. The summed E-state index contributed by atoms with van der Waals surface area (Å²) in [6.45, 7) is 2.86. The first-order valence-corrected chi connectivity index (χ1v) is 8.08. The monoisotopic (exact) mass is 314 g/mol. The molecule has 1 aliphatic heterocycles. The van der Waals surface area contributed by atoms with E-state index in [0.717, 1.165) is 23.6 Å². The predicted octanol–water partition coefficient (Wildman–Crippen LogP) is 2.69. The number of rotatable bonds is 4. The Morgan fingerprint density at radius 3 is 3.05 bits per heavy atom. The highest BCUT2D eigenvalue weighted by atomic mass is 35.5. The van der Waals surface area contributed by atoms with Gasteiger partial charge < -0.3 is 15.4 Å². The highest BCUT2D eigenvalue weighted by molar-refractivity contribution is 7.99. The van der Waals surface area contributed by atoms with Crippen molar-refractivity contribution in [3.63, 3.8) is 0 Å². The number of ether oxygens (including phenoxy) is 1. The molecule has 2 N–H and O–H groups in total. The number of thioether (sulfide) groups is 1. The summed E-state index contributed by atoms with van der Waals surface area (Å²) in [5, 5.41) is 6.89. The lowest BCUT2D eigenvalue weighted by molar-refractivity contribution is -0.116. The number of anilines is 1. The van der Waals surface area contributed by atoms with Crippen molar-refractivity contribution >= 4 is 35.0 Å². The van der Waals surface area contributed by atoms with E-state index in [1.807, 2.05) is 24.8 Å². The molecule has 4 nitrogen and oxygen atoms in total. The molecule has 0 aromatic heterocycles. The number of benzene rings is 1. The van der Waals surface area contributed by atoms with Gasteiger partial charge in [-0.3, -0.25) is 4.79 Å². The lowest BCUT2D eigenvalue weighted by Gasteiger charge is -2.22. The van der Waals surface area contributed by atoms with Crippen LogP contribution in [0.2, 0.25) is 5.02 Å². The van der Waals surface area contributed by atoms with Crippen molar-refractivity contribution < 1.29 is 9.53 Å². The second-order valence-electron chi connectivity index (χ2n) is 4.78. The van der Waals surface area contributed by atoms with Crippen LogP contribution in [0, 0.1) is 6.92 Å². The van der Waals surface area contributed by atoms with E-state index in [1.165, 1.54) is 0 Å². The van der Waals surface area contributed by atoms with Crippen LogP contribution in [-0.2, 0) is 4.79 Å². The summed E-state index contributed by atoms with van der Waals surface area (Å²) in [5.41, 5.74) is 1.58. The molecule has 0 aliphatic carbocycles. The van der Waals surface area contributed by atoms with Gasteiger partial charge in [0, 0.05) is 41.6 Å². The maximum absolute atomic E-state index is 12.1. The van der Waals surface area contributed by atoms with Crippen LogP contribution in [0.15, 0.2) is 12.1 Å². The third kappa shape index (κ3) is 4.04. The highest BCUT2D eigenvalue weighted by Crippen LogP contribution is 2.31. The molecule has 110 valence electrons. The van der Waals surface area contributed by atoms with Gasteiger partial charge in [-0.1, -0.05) is 11.6 Å². The molecule has 1 amide bonds. The first-order chi connectivity index (χ1) is 9.60. The van der Waals surface area contributed by atoms with Crippen LogP contribution >= 0.6 is 23.4 Å². The highest BCUT2D eigenvalue weighted by Gasteiger charge is 2.18. The van der Waals surface area contributed by atoms with Gasteiger partial charge in [-0.25, -0.2) is 0 Å². The van der Waals surface area contributed by atoms with Gasteiger partial charge in [0.05, 0.1) is 12.8 Å². The zero-order valence-corrected chi connectivity index (χ0v) is 13.2. The molecule has 1 atom stereocenters. The molecule has 1 aromatic carbocycles. The average Bonchev–Trinajstić information content (AvgIpc) is 2.43. The Bertz CT molecular complexity index is 490. The molecule has 1 fully saturated rings. The fourth-order valence-electron chi connectivity index (χ4n) is 2.11. The van der Waals surface area contributed by atoms with Crippen molar-refractivity contribution in [1.29, 1.82) is 0 Å². The van der Waals surface area contributed by atoms with E-state index < -0.39 is 0 Å². The lowest BCUT2D eigenvalue weighted by atomic mass is 10.1. The quantitative estimate of drug-likeness (QED) is 0.897. The predicted molar refractivity (Wildman–Crippen MR) is 85.1 cm³/mol. The molecule has 20 heavy (non-hydrogen) atoms. The number of carbonyl (C=O) groups is 1. The SMILES string of the molecule is COc1cc(Cl)c(C)cc1NC(=O)CC1CSCCN1. The number of halogens is 1. The van der Waals surface area contributed by atoms with Crippen LogP contribution in [0.25, 0.3) is 0 Å². The molecule has 1 aromatic rings. The molecule has 1 aliphatic rings. The van der Waals surface area contributed by atoms with Crippen molar-refractivity contribution in [1.82, 2.24) is 5.32 Å². The van der Waals surface area contributed by atoms with Crippen LogP contribution in [0.1, 0.15) is 12.0 Å². The van der Waals surface area contributed by atoms with E-state index in [9.17, 15) is 4.79 Å². The fourth-order valence-corrected chi connectivity index (χ4v) is 3.21. The molecule has 0 spiro atoms. The van der Waals surface area contributed by atoms with E-state index in [4.69, 9.17) is 16.3 Å². The van der Waals surface area contributed by atoms with Crippen molar-refractivity contribution in [2.24, 2.45) is 0 Å². The summed E-state index contributed by atoms with van der Waals surface area (Å²) in [6.07, 6.45) is 0.470. The maximum atomic E-state index is 12.1. The summed E-state index contributed by atoms with van der Waals surface area (Å²) >= 11 is 7.93. The fraction of sp³-hybridized carbons (Fsp3) is 0.500. The van der Waals surface area contributed by atoms with Crippen LogP contribution in [0.4, 0.5) is 5.69 Å². The van der Waals surface area contributed by atoms with Gasteiger partial charge in [0.15, 0.2) is 0 Å². The van der Waals surface area contributed by atoms with Gasteiger partial charge in [-0.15, -0.1) is 0 Å². The van der Waals surface area contributed by atoms with Gasteiger partial charge in [0.1, 0.15) is 5.75 Å². The molecule has 6 heteroatoms. The number of nitrogens with one attached hydrogen (secondary N) is 2. The number of amides is 1. The van der Waals surface area contributed by atoms with Crippen LogP contribution in [-0.4, -0.2) is 37.1 Å². The van der Waals surface area contributed by atoms with E-state index in [2.05, 4.69) is 10.6 Å². The topological polar surface area (TPSA) is 50.4 Å². The van der Waals surface area contributed by atoms with Crippen LogP contribution in [0.5, 0.6) is 5.75 Å².